The summed E-state index contributed by atoms with van der Waals surface area (Å²) in [7, 11) is 0. The van der Waals surface area contributed by atoms with E-state index in [0.29, 0.717) is 11.1 Å². The number of nitrogens with zero attached hydrogens (tertiary/aromatic N) is 1. The number of ether oxygens (including phenoxy) is 1. The van der Waals surface area contributed by atoms with Crippen LogP contribution >= 0.6 is 0 Å². The average molecular weight is 321 g/mol. The SMILES string of the molecule is CCOC(=O)c1[nH]nc(NC(=O)C(F)=C(C)C2CC2)c1C1CC1. The Balaban J connectivity index is 1.81. The van der Waals surface area contributed by atoms with Gasteiger partial charge in [0.25, 0.3) is 5.91 Å². The molecule has 0 aliphatic heterocycles. The minimum absolute atomic E-state index is 0.153. The number of halogens is 1. The Morgan fingerprint density at radius 2 is 2.04 bits per heavy atom. The monoisotopic (exact) mass is 321 g/mol. The molecule has 0 radical (unpaired) electrons. The molecule has 2 aliphatic rings. The number of rotatable bonds is 6. The number of hydrogen-bond donors (Lipinski definition) is 2. The molecule has 3 rings (SSSR count). The molecule has 6 nitrogen and oxygen atoms in total. The van der Waals surface area contributed by atoms with E-state index in [1.807, 2.05) is 0 Å². The van der Waals surface area contributed by atoms with Crippen LogP contribution in [0.25, 0.3) is 0 Å². The lowest BCUT2D eigenvalue weighted by atomic mass is 10.1. The van der Waals surface area contributed by atoms with E-state index in [1.54, 1.807) is 13.8 Å². The molecular formula is C16H20FN3O3. The molecule has 1 amide bonds. The number of anilines is 1. The van der Waals surface area contributed by atoms with Crippen LogP contribution in [0.3, 0.4) is 0 Å². The zero-order valence-corrected chi connectivity index (χ0v) is 13.2. The lowest BCUT2D eigenvalue weighted by molar-refractivity contribution is -0.114. The van der Waals surface area contributed by atoms with Gasteiger partial charge in [0, 0.05) is 5.56 Å². The van der Waals surface area contributed by atoms with Crippen molar-refractivity contribution in [2.24, 2.45) is 5.92 Å². The number of aromatic amines is 1. The molecular weight excluding hydrogens is 301 g/mol. The Morgan fingerprint density at radius 3 is 2.61 bits per heavy atom. The normalized spacial score (nSPS) is 18.4. The van der Waals surface area contributed by atoms with Crippen LogP contribution in [0, 0.1) is 5.92 Å². The first-order valence-electron chi connectivity index (χ1n) is 7.95. The lowest BCUT2D eigenvalue weighted by Crippen LogP contribution is -2.15. The lowest BCUT2D eigenvalue weighted by Gasteiger charge is -2.06. The van der Waals surface area contributed by atoms with Gasteiger partial charge >= 0.3 is 5.97 Å². The summed E-state index contributed by atoms with van der Waals surface area (Å²) in [5.41, 5.74) is 1.35. The molecule has 124 valence electrons. The number of nitrogens with one attached hydrogen (secondary N) is 2. The van der Waals surface area contributed by atoms with E-state index in [4.69, 9.17) is 4.74 Å². The Hall–Kier alpha value is -2.18. The number of amides is 1. The maximum atomic E-state index is 14.1. The highest BCUT2D eigenvalue weighted by molar-refractivity contribution is 6.03. The number of carbonyl (C=O) groups excluding carboxylic acids is 2. The van der Waals surface area contributed by atoms with Crippen molar-refractivity contribution < 1.29 is 18.7 Å². The highest BCUT2D eigenvalue weighted by Gasteiger charge is 2.35. The summed E-state index contributed by atoms with van der Waals surface area (Å²) in [4.78, 5) is 24.0. The number of hydrogen-bond acceptors (Lipinski definition) is 4. The fourth-order valence-corrected chi connectivity index (χ4v) is 2.61. The molecule has 2 aliphatic carbocycles. The molecule has 0 spiro atoms. The van der Waals surface area contributed by atoms with E-state index in [1.165, 1.54) is 0 Å². The van der Waals surface area contributed by atoms with Gasteiger partial charge in [-0.05, 0) is 56.9 Å². The van der Waals surface area contributed by atoms with Gasteiger partial charge in [-0.25, -0.2) is 9.18 Å². The summed E-state index contributed by atoms with van der Waals surface area (Å²) in [6.45, 7) is 3.61. The van der Waals surface area contributed by atoms with E-state index in [-0.39, 0.29) is 30.0 Å². The molecule has 1 aromatic heterocycles. The molecule has 1 aromatic rings. The summed E-state index contributed by atoms with van der Waals surface area (Å²) < 4.78 is 19.1. The highest BCUT2D eigenvalue weighted by atomic mass is 19.1. The van der Waals surface area contributed by atoms with Crippen molar-refractivity contribution in [1.82, 2.24) is 10.2 Å². The summed E-state index contributed by atoms with van der Waals surface area (Å²) in [6.07, 6.45) is 3.67. The maximum absolute atomic E-state index is 14.1. The second-order valence-electron chi connectivity index (χ2n) is 6.08. The first-order chi connectivity index (χ1) is 11.0. The third-order valence-electron chi connectivity index (χ3n) is 4.24. The largest absolute Gasteiger partial charge is 0.461 e. The van der Waals surface area contributed by atoms with E-state index in [2.05, 4.69) is 15.5 Å². The van der Waals surface area contributed by atoms with E-state index >= 15 is 0 Å². The van der Waals surface area contributed by atoms with Gasteiger partial charge < -0.3 is 10.1 Å². The third kappa shape index (κ3) is 3.28. The van der Waals surface area contributed by atoms with Crippen molar-refractivity contribution in [2.75, 3.05) is 11.9 Å². The van der Waals surface area contributed by atoms with Crippen molar-refractivity contribution in [3.05, 3.63) is 22.7 Å². The molecule has 1 heterocycles. The van der Waals surface area contributed by atoms with Gasteiger partial charge in [0.2, 0.25) is 0 Å². The number of allylic oxidation sites excluding steroid dienone is 1. The fourth-order valence-electron chi connectivity index (χ4n) is 2.61. The van der Waals surface area contributed by atoms with Crippen LogP contribution in [0.15, 0.2) is 11.4 Å². The molecule has 0 saturated heterocycles. The Kier molecular flexibility index (Phi) is 4.19. The predicted octanol–water partition coefficient (Wildman–Crippen LogP) is 3.06. The van der Waals surface area contributed by atoms with E-state index in [0.717, 1.165) is 25.7 Å². The average Bonchev–Trinajstić information content (AvgIpc) is 3.44. The van der Waals surface area contributed by atoms with Crippen LogP contribution in [-0.4, -0.2) is 28.7 Å². The van der Waals surface area contributed by atoms with Gasteiger partial charge in [0.15, 0.2) is 11.6 Å². The quantitative estimate of drug-likeness (QED) is 0.623. The second-order valence-corrected chi connectivity index (χ2v) is 6.08. The zero-order chi connectivity index (χ0) is 16.6. The van der Waals surface area contributed by atoms with Crippen molar-refractivity contribution in [2.45, 2.75) is 45.4 Å². The first-order valence-corrected chi connectivity index (χ1v) is 7.95. The van der Waals surface area contributed by atoms with Crippen molar-refractivity contribution >= 4 is 17.7 Å². The van der Waals surface area contributed by atoms with E-state index in [9.17, 15) is 14.0 Å². The Morgan fingerprint density at radius 1 is 1.35 bits per heavy atom. The predicted molar refractivity (Wildman–Crippen MR) is 81.7 cm³/mol. The Bertz CT molecular complexity index is 672. The number of H-pyrrole nitrogens is 1. The molecule has 0 aromatic carbocycles. The summed E-state index contributed by atoms with van der Waals surface area (Å²) in [5, 5.41) is 9.08. The molecule has 23 heavy (non-hydrogen) atoms. The number of esters is 1. The first kappa shape index (κ1) is 15.7. The van der Waals surface area contributed by atoms with Gasteiger partial charge in [-0.2, -0.15) is 5.10 Å². The van der Waals surface area contributed by atoms with Crippen LogP contribution in [0.4, 0.5) is 10.2 Å². The second kappa shape index (κ2) is 6.14. The van der Waals surface area contributed by atoms with Gasteiger partial charge in [-0.15, -0.1) is 0 Å². The third-order valence-corrected chi connectivity index (χ3v) is 4.24. The van der Waals surface area contributed by atoms with Crippen LogP contribution < -0.4 is 5.32 Å². The summed E-state index contributed by atoms with van der Waals surface area (Å²) in [5.74, 6) is -1.52. The molecule has 0 bridgehead atoms. The molecule has 7 heteroatoms. The van der Waals surface area contributed by atoms with Crippen molar-refractivity contribution in [3.8, 4) is 0 Å². The van der Waals surface area contributed by atoms with Crippen LogP contribution in [-0.2, 0) is 9.53 Å². The van der Waals surface area contributed by atoms with Crippen molar-refractivity contribution in [3.63, 3.8) is 0 Å². The number of aromatic nitrogens is 2. The smallest absolute Gasteiger partial charge is 0.356 e. The molecule has 0 unspecified atom stereocenters. The summed E-state index contributed by atoms with van der Waals surface area (Å²) >= 11 is 0. The van der Waals surface area contributed by atoms with Gasteiger partial charge in [0.1, 0.15) is 5.69 Å². The van der Waals surface area contributed by atoms with Crippen LogP contribution in [0.5, 0.6) is 0 Å². The fraction of sp³-hybridized carbons (Fsp3) is 0.562. The van der Waals surface area contributed by atoms with Crippen LogP contribution in [0.2, 0.25) is 0 Å². The zero-order valence-electron chi connectivity index (χ0n) is 13.2. The maximum Gasteiger partial charge on any atom is 0.356 e. The molecule has 2 fully saturated rings. The van der Waals surface area contributed by atoms with E-state index < -0.39 is 17.7 Å². The van der Waals surface area contributed by atoms with Gasteiger partial charge in [-0.1, -0.05) is 0 Å². The van der Waals surface area contributed by atoms with Crippen molar-refractivity contribution in [1.29, 1.82) is 0 Å². The standard InChI is InChI=1S/C16H20FN3O3/c1-3-23-16(22)13-11(10-6-7-10)14(20-19-13)18-15(21)12(17)8(2)9-4-5-9/h9-10H,3-7H2,1-2H3,(H2,18,19,20,21). The molecule has 2 saturated carbocycles. The minimum atomic E-state index is -0.807. The highest BCUT2D eigenvalue weighted by Crippen LogP contribution is 2.45. The minimum Gasteiger partial charge on any atom is -0.461 e. The van der Waals surface area contributed by atoms with Gasteiger partial charge in [0.05, 0.1) is 6.61 Å². The molecule has 0 atom stereocenters. The van der Waals surface area contributed by atoms with Crippen LogP contribution in [0.1, 0.15) is 61.5 Å². The summed E-state index contributed by atoms with van der Waals surface area (Å²) in [6, 6.07) is 0. The molecule has 2 N–H and O–H groups in total. The number of carbonyl (C=O) groups is 2. The van der Waals surface area contributed by atoms with Gasteiger partial charge in [-0.3, -0.25) is 9.89 Å². The Labute approximate surface area is 133 Å². The topological polar surface area (TPSA) is 84.1 Å².